The van der Waals surface area contributed by atoms with Gasteiger partial charge in [0, 0.05) is 12.0 Å². The Hall–Kier alpha value is -3.33. The first-order chi connectivity index (χ1) is 17.4. The maximum absolute atomic E-state index is 13.3. The summed E-state index contributed by atoms with van der Waals surface area (Å²) < 4.78 is 6.02. The van der Waals surface area contributed by atoms with E-state index in [4.69, 9.17) is 4.74 Å². The van der Waals surface area contributed by atoms with Gasteiger partial charge in [-0.25, -0.2) is 4.79 Å². The maximum atomic E-state index is 13.3. The summed E-state index contributed by atoms with van der Waals surface area (Å²) in [4.78, 5) is 15.3. The number of hydrogen-bond acceptors (Lipinski definition) is 2. The normalized spacial score (nSPS) is 20.6. The van der Waals surface area contributed by atoms with Crippen molar-refractivity contribution in [3.63, 3.8) is 0 Å². The highest BCUT2D eigenvalue weighted by atomic mass is 16.6. The van der Waals surface area contributed by atoms with E-state index in [1.54, 1.807) is 0 Å². The van der Waals surface area contributed by atoms with Crippen molar-refractivity contribution in [1.29, 1.82) is 0 Å². The molecule has 3 aromatic rings. The monoisotopic (exact) mass is 477 g/mol. The fourth-order valence-electron chi connectivity index (χ4n) is 6.39. The molecule has 3 nitrogen and oxygen atoms in total. The first-order valence-corrected chi connectivity index (χ1v) is 13.3. The van der Waals surface area contributed by atoms with E-state index in [1.807, 2.05) is 4.90 Å². The van der Waals surface area contributed by atoms with Gasteiger partial charge in [0.2, 0.25) is 0 Å². The fourth-order valence-corrected chi connectivity index (χ4v) is 6.39. The van der Waals surface area contributed by atoms with Crippen LogP contribution in [0.1, 0.15) is 68.2 Å². The van der Waals surface area contributed by atoms with E-state index in [1.165, 1.54) is 39.0 Å². The Morgan fingerprint density at radius 2 is 1.53 bits per heavy atom. The van der Waals surface area contributed by atoms with E-state index in [9.17, 15) is 4.79 Å². The van der Waals surface area contributed by atoms with Crippen molar-refractivity contribution in [2.24, 2.45) is 0 Å². The molecule has 0 aromatic heterocycles. The highest BCUT2D eigenvalue weighted by Crippen LogP contribution is 2.45. The molecule has 1 amide bonds. The number of rotatable bonds is 4. The van der Waals surface area contributed by atoms with Gasteiger partial charge in [-0.05, 0) is 64.5 Å². The van der Waals surface area contributed by atoms with Crippen LogP contribution >= 0.6 is 0 Å². The second kappa shape index (κ2) is 8.96. The molecule has 0 saturated carbocycles. The van der Waals surface area contributed by atoms with Crippen molar-refractivity contribution in [2.75, 3.05) is 6.61 Å². The van der Waals surface area contributed by atoms with Crippen LogP contribution in [-0.4, -0.2) is 29.7 Å². The summed E-state index contributed by atoms with van der Waals surface area (Å²) in [5.41, 5.74) is 9.37. The third-order valence-electron chi connectivity index (χ3n) is 8.27. The lowest BCUT2D eigenvalue weighted by Gasteiger charge is -2.33. The zero-order valence-electron chi connectivity index (χ0n) is 21.5. The van der Waals surface area contributed by atoms with E-state index in [0.717, 1.165) is 25.7 Å². The maximum Gasteiger partial charge on any atom is 0.410 e. The molecule has 2 bridgehead atoms. The molecule has 36 heavy (non-hydrogen) atoms. The molecule has 1 fully saturated rings. The Morgan fingerprint density at radius 3 is 2.14 bits per heavy atom. The number of fused-ring (bicyclic) bond motifs is 5. The lowest BCUT2D eigenvalue weighted by molar-refractivity contribution is 0.0849. The molecule has 0 spiro atoms. The van der Waals surface area contributed by atoms with Gasteiger partial charge in [-0.15, -0.1) is 0 Å². The Balaban J connectivity index is 1.13. The second-order valence-electron chi connectivity index (χ2n) is 11.7. The minimum absolute atomic E-state index is 0.103. The Bertz CT molecular complexity index is 1270. The van der Waals surface area contributed by atoms with Crippen molar-refractivity contribution in [1.82, 2.24) is 4.90 Å². The predicted molar refractivity (Wildman–Crippen MR) is 145 cm³/mol. The Labute approximate surface area is 214 Å². The molecule has 184 valence electrons. The Kier molecular flexibility index (Phi) is 5.75. The minimum Gasteiger partial charge on any atom is -0.448 e. The zero-order chi connectivity index (χ0) is 24.9. The lowest BCUT2D eigenvalue weighted by atomic mass is 9.86. The van der Waals surface area contributed by atoms with Crippen molar-refractivity contribution in [3.8, 4) is 11.1 Å². The van der Waals surface area contributed by atoms with Crippen LogP contribution in [0.4, 0.5) is 4.79 Å². The third-order valence-corrected chi connectivity index (χ3v) is 8.27. The largest absolute Gasteiger partial charge is 0.448 e. The van der Waals surface area contributed by atoms with Gasteiger partial charge in [0.15, 0.2) is 0 Å². The molecule has 2 unspecified atom stereocenters. The highest BCUT2D eigenvalue weighted by molar-refractivity contribution is 5.79. The summed E-state index contributed by atoms with van der Waals surface area (Å²) in [7, 11) is 0. The van der Waals surface area contributed by atoms with Gasteiger partial charge in [0.05, 0.1) is 6.04 Å². The molecule has 2 heterocycles. The van der Waals surface area contributed by atoms with Crippen molar-refractivity contribution in [2.45, 2.75) is 69.9 Å². The van der Waals surface area contributed by atoms with Crippen LogP contribution in [0.3, 0.4) is 0 Å². The van der Waals surface area contributed by atoms with Crippen LogP contribution in [0.25, 0.3) is 11.1 Å². The Morgan fingerprint density at radius 1 is 0.889 bits per heavy atom. The van der Waals surface area contributed by atoms with Gasteiger partial charge in [-0.2, -0.15) is 0 Å². The van der Waals surface area contributed by atoms with Crippen LogP contribution in [-0.2, 0) is 16.6 Å². The van der Waals surface area contributed by atoms with Crippen LogP contribution in [0.15, 0.2) is 84.4 Å². The molecule has 2 aliphatic heterocycles. The summed E-state index contributed by atoms with van der Waals surface area (Å²) in [5.74, 6) is 0.103. The molecule has 0 radical (unpaired) electrons. The standard InChI is InChI=1S/C33H35NO2/c1-33(2,3)24-14-12-22(13-15-24)18-23-19-25-16-17-26(20-23)34(25)32(35)36-21-31-29-10-6-4-8-27(29)28-9-5-7-11-30(28)31/h4-15,19,25-26,31H,16-18,20-21H2,1-3H3. The van der Waals surface area contributed by atoms with E-state index >= 15 is 0 Å². The van der Waals surface area contributed by atoms with Crippen LogP contribution in [0.2, 0.25) is 0 Å². The van der Waals surface area contributed by atoms with Crippen LogP contribution in [0.5, 0.6) is 0 Å². The van der Waals surface area contributed by atoms with Crippen molar-refractivity contribution in [3.05, 3.63) is 107 Å². The second-order valence-corrected chi connectivity index (χ2v) is 11.7. The summed E-state index contributed by atoms with van der Waals surface area (Å²) in [6.07, 6.45) is 6.17. The highest BCUT2D eigenvalue weighted by Gasteiger charge is 2.41. The first-order valence-electron chi connectivity index (χ1n) is 13.3. The summed E-state index contributed by atoms with van der Waals surface area (Å²) in [6, 6.07) is 26.5. The fraction of sp³-hybridized carbons (Fsp3) is 0.364. The number of carbonyl (C=O) groups is 1. The molecular weight excluding hydrogens is 442 g/mol. The average molecular weight is 478 g/mol. The number of benzene rings is 3. The molecule has 2 atom stereocenters. The smallest absolute Gasteiger partial charge is 0.410 e. The van der Waals surface area contributed by atoms with Gasteiger partial charge in [-0.1, -0.05) is 105 Å². The van der Waals surface area contributed by atoms with Gasteiger partial charge in [-0.3, -0.25) is 4.90 Å². The van der Waals surface area contributed by atoms with E-state index in [0.29, 0.717) is 6.61 Å². The van der Waals surface area contributed by atoms with Gasteiger partial charge >= 0.3 is 6.09 Å². The quantitative estimate of drug-likeness (QED) is 0.361. The molecule has 3 aliphatic rings. The molecule has 1 aliphatic carbocycles. The van der Waals surface area contributed by atoms with Gasteiger partial charge in [0.1, 0.15) is 6.61 Å². The predicted octanol–water partition coefficient (Wildman–Crippen LogP) is 7.64. The summed E-state index contributed by atoms with van der Waals surface area (Å²) in [6.45, 7) is 7.14. The number of amides is 1. The molecule has 3 heteroatoms. The number of nitrogens with zero attached hydrogens (tertiary/aromatic N) is 1. The molecule has 3 aromatic carbocycles. The van der Waals surface area contributed by atoms with Crippen molar-refractivity contribution >= 4 is 6.09 Å². The molecule has 6 rings (SSSR count). The first kappa shape index (κ1) is 23.1. The topological polar surface area (TPSA) is 29.5 Å². The number of ether oxygens (including phenoxy) is 1. The number of carbonyl (C=O) groups excluding carboxylic acids is 1. The van der Waals surface area contributed by atoms with E-state index in [-0.39, 0.29) is 29.5 Å². The third kappa shape index (κ3) is 4.15. The van der Waals surface area contributed by atoms with Crippen molar-refractivity contribution < 1.29 is 9.53 Å². The molecule has 1 saturated heterocycles. The van der Waals surface area contributed by atoms with Crippen LogP contribution in [0, 0.1) is 0 Å². The van der Waals surface area contributed by atoms with Gasteiger partial charge < -0.3 is 4.74 Å². The lowest BCUT2D eigenvalue weighted by Crippen LogP contribution is -2.44. The number of hydrogen-bond donors (Lipinski definition) is 0. The molecule has 0 N–H and O–H groups in total. The van der Waals surface area contributed by atoms with E-state index in [2.05, 4.69) is 99.6 Å². The van der Waals surface area contributed by atoms with Crippen LogP contribution < -0.4 is 0 Å². The average Bonchev–Trinajstić information content (AvgIpc) is 3.33. The summed E-state index contributed by atoms with van der Waals surface area (Å²) in [5, 5.41) is 0. The molecular formula is C33H35NO2. The van der Waals surface area contributed by atoms with Gasteiger partial charge in [0.25, 0.3) is 0 Å². The SMILES string of the molecule is CC(C)(C)c1ccc(CC2=CC3CCC(C2)N3C(=O)OCC2c3ccccc3-c3ccccc32)cc1. The summed E-state index contributed by atoms with van der Waals surface area (Å²) >= 11 is 0. The zero-order valence-corrected chi connectivity index (χ0v) is 21.5. The minimum atomic E-state index is -0.158. The van der Waals surface area contributed by atoms with E-state index < -0.39 is 0 Å².